The van der Waals surface area contributed by atoms with Gasteiger partial charge in [-0.25, -0.2) is 0 Å². The Bertz CT molecular complexity index is 2890. The van der Waals surface area contributed by atoms with E-state index in [0.29, 0.717) is 0 Å². The number of pyridine rings is 4. The van der Waals surface area contributed by atoms with Crippen molar-refractivity contribution in [3.63, 3.8) is 0 Å². The zero-order valence-corrected chi connectivity index (χ0v) is 26.2. The fourth-order valence-corrected chi connectivity index (χ4v) is 7.00. The van der Waals surface area contributed by atoms with Crippen LogP contribution >= 0.6 is 0 Å². The molecule has 0 amide bonds. The summed E-state index contributed by atoms with van der Waals surface area (Å²) < 4.78 is 6.15. The second-order valence-electron chi connectivity index (χ2n) is 12.4. The molecule has 5 aromatic heterocycles. The van der Waals surface area contributed by atoms with E-state index in [1.165, 1.54) is 0 Å². The van der Waals surface area contributed by atoms with Crippen LogP contribution in [0.1, 0.15) is 0 Å². The number of nitrogens with zero attached hydrogens (tertiary/aromatic N) is 4. The van der Waals surface area contributed by atoms with Crippen molar-refractivity contribution < 1.29 is 4.42 Å². The van der Waals surface area contributed by atoms with Crippen LogP contribution < -0.4 is 0 Å². The molecule has 0 saturated heterocycles. The van der Waals surface area contributed by atoms with Gasteiger partial charge in [0.05, 0.1) is 16.7 Å². The number of hydrogen-bond acceptors (Lipinski definition) is 5. The van der Waals surface area contributed by atoms with E-state index in [2.05, 4.69) is 119 Å². The lowest BCUT2D eigenvalue weighted by atomic mass is 9.91. The van der Waals surface area contributed by atoms with Crippen molar-refractivity contribution in [3.8, 4) is 44.6 Å². The molecule has 0 aliphatic rings. The Labute approximate surface area is 281 Å². The number of rotatable bonds is 4. The first-order chi connectivity index (χ1) is 24.2. The minimum atomic E-state index is 0.869. The van der Waals surface area contributed by atoms with E-state index in [-0.39, 0.29) is 0 Å². The molecule has 5 heteroatoms. The molecule has 5 heterocycles. The van der Waals surface area contributed by atoms with Crippen molar-refractivity contribution in [1.29, 1.82) is 0 Å². The monoisotopic (exact) mass is 626 g/mol. The first-order valence-electron chi connectivity index (χ1n) is 16.3. The van der Waals surface area contributed by atoms with Gasteiger partial charge in [0.1, 0.15) is 11.2 Å². The molecule has 0 spiro atoms. The molecule has 0 atom stereocenters. The molecular formula is C44H26N4O. The molecule has 0 bridgehead atoms. The van der Waals surface area contributed by atoms with E-state index in [0.717, 1.165) is 99.2 Å². The lowest BCUT2D eigenvalue weighted by Crippen LogP contribution is -1.90. The standard InChI is InChI=1S/C44H26N4O/c1-2-9-41-37(7-1)38-23-29(13-15-42(38)49-41)32-20-33(22-34(21-32)36-8-3-5-27-16-18-45-26-39(27)36)31-12-14-40(47-24-31)35-19-30-11-10-28-6-4-17-46-43(28)44(30)48-25-35/h1-26H. The van der Waals surface area contributed by atoms with E-state index in [9.17, 15) is 0 Å². The normalized spacial score (nSPS) is 11.7. The molecule has 0 saturated carbocycles. The van der Waals surface area contributed by atoms with Gasteiger partial charge in [0.25, 0.3) is 0 Å². The Kier molecular flexibility index (Phi) is 6.11. The summed E-state index contributed by atoms with van der Waals surface area (Å²) in [7, 11) is 0. The fraction of sp³-hybridized carbons (Fsp3) is 0. The highest BCUT2D eigenvalue weighted by Gasteiger charge is 2.14. The van der Waals surface area contributed by atoms with Crippen molar-refractivity contribution in [2.45, 2.75) is 0 Å². The third-order valence-electron chi connectivity index (χ3n) is 9.45. The van der Waals surface area contributed by atoms with Crippen molar-refractivity contribution in [2.24, 2.45) is 0 Å². The lowest BCUT2D eigenvalue weighted by Gasteiger charge is -2.13. The zero-order chi connectivity index (χ0) is 32.3. The molecule has 0 fully saturated rings. The quantitative estimate of drug-likeness (QED) is 0.182. The third-order valence-corrected chi connectivity index (χ3v) is 9.45. The average Bonchev–Trinajstić information content (AvgIpc) is 3.55. The van der Waals surface area contributed by atoms with Gasteiger partial charge >= 0.3 is 0 Å². The molecule has 5 nitrogen and oxygen atoms in total. The summed E-state index contributed by atoms with van der Waals surface area (Å²) in [6.07, 6.45) is 9.46. The van der Waals surface area contributed by atoms with Crippen LogP contribution in [0.3, 0.4) is 0 Å². The third kappa shape index (κ3) is 4.63. The Morgan fingerprint density at radius 1 is 0.388 bits per heavy atom. The van der Waals surface area contributed by atoms with E-state index < -0.39 is 0 Å². The molecule has 0 N–H and O–H groups in total. The highest BCUT2D eigenvalue weighted by molar-refractivity contribution is 6.07. The van der Waals surface area contributed by atoms with Gasteiger partial charge < -0.3 is 4.42 Å². The number of fused-ring (bicyclic) bond motifs is 7. The van der Waals surface area contributed by atoms with Gasteiger partial charge in [-0.05, 0) is 93.9 Å². The average molecular weight is 627 g/mol. The Balaban J connectivity index is 1.10. The first-order valence-corrected chi connectivity index (χ1v) is 16.3. The number of para-hydroxylation sites is 1. The molecule has 5 aromatic carbocycles. The summed E-state index contributed by atoms with van der Waals surface area (Å²) in [6.45, 7) is 0. The summed E-state index contributed by atoms with van der Waals surface area (Å²) in [5, 5.41) is 6.61. The Morgan fingerprint density at radius 3 is 2.12 bits per heavy atom. The first kappa shape index (κ1) is 27.4. The van der Waals surface area contributed by atoms with Crippen molar-refractivity contribution in [1.82, 2.24) is 19.9 Å². The van der Waals surface area contributed by atoms with Crippen LogP contribution in [-0.4, -0.2) is 19.9 Å². The van der Waals surface area contributed by atoms with Gasteiger partial charge in [0, 0.05) is 69.0 Å². The molecule has 10 aromatic rings. The summed E-state index contributed by atoms with van der Waals surface area (Å²) in [5.41, 5.74) is 12.0. The summed E-state index contributed by atoms with van der Waals surface area (Å²) in [4.78, 5) is 18.8. The summed E-state index contributed by atoms with van der Waals surface area (Å²) in [5.74, 6) is 0. The molecule has 10 rings (SSSR count). The molecule has 0 radical (unpaired) electrons. The van der Waals surface area contributed by atoms with E-state index in [4.69, 9.17) is 14.4 Å². The maximum Gasteiger partial charge on any atom is 0.135 e. The van der Waals surface area contributed by atoms with Crippen LogP contribution in [0, 0.1) is 0 Å². The molecule has 0 aliphatic carbocycles. The molecular weight excluding hydrogens is 601 g/mol. The number of benzene rings is 5. The zero-order valence-electron chi connectivity index (χ0n) is 26.2. The molecule has 228 valence electrons. The molecule has 0 unspecified atom stereocenters. The van der Waals surface area contributed by atoms with Gasteiger partial charge in [-0.15, -0.1) is 0 Å². The SMILES string of the molecule is c1cc(-c2cc(-c3ccc(-c4cnc5c(ccc6cccnc65)c4)nc3)cc(-c3ccc4oc5ccccc5c4c3)c2)c2cnccc2c1. The van der Waals surface area contributed by atoms with E-state index in [1.807, 2.05) is 49.2 Å². The molecule has 0 aliphatic heterocycles. The predicted molar refractivity (Wildman–Crippen MR) is 199 cm³/mol. The topological polar surface area (TPSA) is 64.7 Å². The largest absolute Gasteiger partial charge is 0.456 e. The highest BCUT2D eigenvalue weighted by Crippen LogP contribution is 2.38. The number of hydrogen-bond donors (Lipinski definition) is 0. The Hall–Kier alpha value is -6.72. The number of furan rings is 1. The van der Waals surface area contributed by atoms with E-state index >= 15 is 0 Å². The van der Waals surface area contributed by atoms with Crippen LogP contribution in [-0.2, 0) is 0 Å². The fourth-order valence-electron chi connectivity index (χ4n) is 7.00. The minimum Gasteiger partial charge on any atom is -0.456 e. The van der Waals surface area contributed by atoms with Crippen LogP contribution in [0.5, 0.6) is 0 Å². The van der Waals surface area contributed by atoms with Crippen LogP contribution in [0.2, 0.25) is 0 Å². The maximum absolute atomic E-state index is 6.15. The van der Waals surface area contributed by atoms with Crippen LogP contribution in [0.15, 0.2) is 163 Å². The van der Waals surface area contributed by atoms with Gasteiger partial charge in [-0.1, -0.05) is 66.7 Å². The highest BCUT2D eigenvalue weighted by atomic mass is 16.3. The van der Waals surface area contributed by atoms with Crippen molar-refractivity contribution >= 4 is 54.5 Å². The van der Waals surface area contributed by atoms with Gasteiger partial charge in [0.2, 0.25) is 0 Å². The van der Waals surface area contributed by atoms with Gasteiger partial charge in [-0.3, -0.25) is 19.9 Å². The number of aromatic nitrogens is 4. The van der Waals surface area contributed by atoms with Crippen molar-refractivity contribution in [3.05, 3.63) is 158 Å². The van der Waals surface area contributed by atoms with Crippen LogP contribution in [0.4, 0.5) is 0 Å². The smallest absolute Gasteiger partial charge is 0.135 e. The predicted octanol–water partition coefficient (Wildman–Crippen LogP) is 11.3. The summed E-state index contributed by atoms with van der Waals surface area (Å²) >= 11 is 0. The van der Waals surface area contributed by atoms with E-state index in [1.54, 1.807) is 0 Å². The lowest BCUT2D eigenvalue weighted by molar-refractivity contribution is 0.669. The summed E-state index contributed by atoms with van der Waals surface area (Å²) in [6, 6.07) is 44.5. The second kappa shape index (κ2) is 10.9. The second-order valence-corrected chi connectivity index (χ2v) is 12.4. The maximum atomic E-state index is 6.15. The van der Waals surface area contributed by atoms with Gasteiger partial charge in [-0.2, -0.15) is 0 Å². The molecule has 49 heavy (non-hydrogen) atoms. The van der Waals surface area contributed by atoms with Crippen molar-refractivity contribution in [2.75, 3.05) is 0 Å². The van der Waals surface area contributed by atoms with Crippen LogP contribution in [0.25, 0.3) is 99.2 Å². The van der Waals surface area contributed by atoms with Gasteiger partial charge in [0.15, 0.2) is 0 Å². The Morgan fingerprint density at radius 2 is 1.18 bits per heavy atom. The minimum absolute atomic E-state index is 0.869.